The van der Waals surface area contributed by atoms with Crippen LogP contribution < -0.4 is 16.2 Å². The summed E-state index contributed by atoms with van der Waals surface area (Å²) in [6, 6.07) is 1.09. The second-order valence-electron chi connectivity index (χ2n) is 2.35. The minimum Gasteiger partial charge on any atom is -0.493 e. The van der Waals surface area contributed by atoms with Gasteiger partial charge in [0, 0.05) is 0 Å². The lowest BCUT2D eigenvalue weighted by molar-refractivity contribution is 0.151. The third kappa shape index (κ3) is 1.77. The quantitative estimate of drug-likeness (QED) is 0.732. The number of aromatic nitrogens is 1. The van der Waals surface area contributed by atoms with Gasteiger partial charge in [0.1, 0.15) is 5.82 Å². The Morgan fingerprint density at radius 2 is 2.00 bits per heavy atom. The summed E-state index contributed by atoms with van der Waals surface area (Å²) in [6.07, 6.45) is -2.68. The maximum Gasteiger partial charge on any atom is 0.267 e. The fourth-order valence-electron chi connectivity index (χ4n) is 0.877. The first-order valence-electron chi connectivity index (χ1n) is 3.44. The molecule has 4 nitrogen and oxygen atoms in total. The van der Waals surface area contributed by atoms with Crippen molar-refractivity contribution in [1.82, 2.24) is 4.98 Å². The van der Waals surface area contributed by atoms with E-state index in [1.54, 1.807) is 0 Å². The van der Waals surface area contributed by atoms with Crippen molar-refractivity contribution in [1.29, 1.82) is 0 Å². The maximum absolute atomic E-state index is 12.3. The Morgan fingerprint density at radius 1 is 1.38 bits per heavy atom. The minimum absolute atomic E-state index is 0.00407. The molecule has 0 saturated carbocycles. The fourth-order valence-corrected chi connectivity index (χ4v) is 0.877. The van der Waals surface area contributed by atoms with Crippen LogP contribution in [-0.4, -0.2) is 12.1 Å². The zero-order chi connectivity index (χ0) is 10.0. The van der Waals surface area contributed by atoms with Crippen molar-refractivity contribution >= 4 is 11.6 Å². The Labute approximate surface area is 73.5 Å². The highest BCUT2D eigenvalue weighted by Gasteiger charge is 2.15. The molecule has 0 aliphatic heterocycles. The number of hydrogen-bond acceptors (Lipinski definition) is 4. The lowest BCUT2D eigenvalue weighted by Gasteiger charge is -2.08. The van der Waals surface area contributed by atoms with E-state index in [4.69, 9.17) is 16.2 Å². The van der Waals surface area contributed by atoms with Gasteiger partial charge in [-0.2, -0.15) is 0 Å². The van der Waals surface area contributed by atoms with Crippen molar-refractivity contribution in [3.63, 3.8) is 0 Å². The Bertz CT molecular complexity index is 317. The Hall–Kier alpha value is -1.59. The molecule has 1 aromatic rings. The second-order valence-corrected chi connectivity index (χ2v) is 2.35. The van der Waals surface area contributed by atoms with Crippen LogP contribution in [0.1, 0.15) is 12.0 Å². The van der Waals surface area contributed by atoms with Crippen molar-refractivity contribution in [2.24, 2.45) is 0 Å². The molecule has 0 spiro atoms. The zero-order valence-electron chi connectivity index (χ0n) is 6.92. The molecule has 0 aromatic carbocycles. The SMILES string of the molecule is COc1cc(C(F)F)c(N)nc1N. The van der Waals surface area contributed by atoms with Crippen LogP contribution >= 0.6 is 0 Å². The molecule has 0 atom stereocenters. The van der Waals surface area contributed by atoms with E-state index in [0.29, 0.717) is 0 Å². The molecule has 1 aromatic heterocycles. The van der Waals surface area contributed by atoms with Gasteiger partial charge >= 0.3 is 0 Å². The Balaban J connectivity index is 3.22. The predicted octanol–water partition coefficient (Wildman–Crippen LogP) is 1.19. The van der Waals surface area contributed by atoms with Crippen molar-refractivity contribution in [3.05, 3.63) is 11.6 Å². The zero-order valence-corrected chi connectivity index (χ0v) is 6.92. The molecule has 1 rings (SSSR count). The van der Waals surface area contributed by atoms with E-state index >= 15 is 0 Å². The number of nitrogen functional groups attached to an aromatic ring is 2. The van der Waals surface area contributed by atoms with Gasteiger partial charge < -0.3 is 16.2 Å². The topological polar surface area (TPSA) is 74.2 Å². The predicted molar refractivity (Wildman–Crippen MR) is 44.6 cm³/mol. The summed E-state index contributed by atoms with van der Waals surface area (Å²) in [4.78, 5) is 3.52. The number of hydrogen-bond donors (Lipinski definition) is 2. The largest absolute Gasteiger partial charge is 0.493 e. The highest BCUT2D eigenvalue weighted by atomic mass is 19.3. The summed E-state index contributed by atoms with van der Waals surface area (Å²) in [5.41, 5.74) is 10.2. The molecular formula is C7H9F2N3O. The molecule has 0 fully saturated rings. The number of anilines is 2. The van der Waals surface area contributed by atoms with E-state index < -0.39 is 6.43 Å². The monoisotopic (exact) mass is 189 g/mol. The number of ether oxygens (including phenoxy) is 1. The molecule has 0 aliphatic carbocycles. The van der Waals surface area contributed by atoms with E-state index in [-0.39, 0.29) is 22.9 Å². The summed E-state index contributed by atoms with van der Waals surface area (Å²) in [7, 11) is 1.32. The maximum atomic E-state index is 12.3. The van der Waals surface area contributed by atoms with Crippen LogP contribution in [0.2, 0.25) is 0 Å². The summed E-state index contributed by atoms with van der Waals surface area (Å²) >= 11 is 0. The molecular weight excluding hydrogens is 180 g/mol. The summed E-state index contributed by atoms with van der Waals surface area (Å²) in [6.45, 7) is 0. The first-order valence-corrected chi connectivity index (χ1v) is 3.44. The summed E-state index contributed by atoms with van der Waals surface area (Å²) in [5.74, 6) is -0.165. The van der Waals surface area contributed by atoms with Crippen LogP contribution in [0.3, 0.4) is 0 Å². The highest BCUT2D eigenvalue weighted by molar-refractivity contribution is 5.56. The standard InChI is InChI=1S/C7H9F2N3O/c1-13-4-2-3(5(8)9)6(10)12-7(4)11/h2,5H,1H3,(H4,10,11,12). The van der Waals surface area contributed by atoms with Gasteiger partial charge in [-0.25, -0.2) is 13.8 Å². The van der Waals surface area contributed by atoms with Crippen molar-refractivity contribution < 1.29 is 13.5 Å². The van der Waals surface area contributed by atoms with Gasteiger partial charge in [0.2, 0.25) is 0 Å². The molecule has 0 unspecified atom stereocenters. The van der Waals surface area contributed by atoms with Gasteiger partial charge in [0.15, 0.2) is 11.6 Å². The molecule has 72 valence electrons. The molecule has 1 heterocycles. The summed E-state index contributed by atoms with van der Waals surface area (Å²) < 4.78 is 29.2. The normalized spacial score (nSPS) is 10.5. The van der Waals surface area contributed by atoms with E-state index in [2.05, 4.69) is 4.98 Å². The van der Waals surface area contributed by atoms with Crippen LogP contribution in [-0.2, 0) is 0 Å². The number of halogens is 2. The number of alkyl halides is 2. The smallest absolute Gasteiger partial charge is 0.267 e. The summed E-state index contributed by atoms with van der Waals surface area (Å²) in [5, 5.41) is 0. The van der Waals surface area contributed by atoms with Crippen LogP contribution in [0.5, 0.6) is 5.75 Å². The van der Waals surface area contributed by atoms with Crippen LogP contribution in [0.25, 0.3) is 0 Å². The number of nitrogens with zero attached hydrogens (tertiary/aromatic N) is 1. The lowest BCUT2D eigenvalue weighted by Crippen LogP contribution is -2.03. The molecule has 13 heavy (non-hydrogen) atoms. The van der Waals surface area contributed by atoms with Crippen molar-refractivity contribution in [2.75, 3.05) is 18.6 Å². The third-order valence-electron chi connectivity index (χ3n) is 1.53. The number of methoxy groups -OCH3 is 1. The second kappa shape index (κ2) is 3.42. The van der Waals surface area contributed by atoms with Gasteiger partial charge in [-0.1, -0.05) is 0 Å². The van der Waals surface area contributed by atoms with Crippen LogP contribution in [0, 0.1) is 0 Å². The molecule has 0 amide bonds. The fraction of sp³-hybridized carbons (Fsp3) is 0.286. The van der Waals surface area contributed by atoms with Gasteiger partial charge in [0.25, 0.3) is 6.43 Å². The van der Waals surface area contributed by atoms with Crippen molar-refractivity contribution in [3.8, 4) is 5.75 Å². The first kappa shape index (κ1) is 9.50. The third-order valence-corrected chi connectivity index (χ3v) is 1.53. The van der Waals surface area contributed by atoms with E-state index in [1.165, 1.54) is 7.11 Å². The van der Waals surface area contributed by atoms with Crippen molar-refractivity contribution in [2.45, 2.75) is 6.43 Å². The van der Waals surface area contributed by atoms with Gasteiger partial charge in [-0.05, 0) is 6.07 Å². The number of pyridine rings is 1. The van der Waals surface area contributed by atoms with E-state index in [9.17, 15) is 8.78 Å². The highest BCUT2D eigenvalue weighted by Crippen LogP contribution is 2.30. The van der Waals surface area contributed by atoms with E-state index in [0.717, 1.165) is 6.07 Å². The average Bonchev–Trinajstić information content (AvgIpc) is 2.03. The van der Waals surface area contributed by atoms with Crippen LogP contribution in [0.15, 0.2) is 6.07 Å². The molecule has 0 aliphatic rings. The Kier molecular flexibility index (Phi) is 2.50. The molecule has 4 N–H and O–H groups in total. The van der Waals surface area contributed by atoms with Gasteiger partial charge in [-0.3, -0.25) is 0 Å². The molecule has 6 heteroatoms. The average molecular weight is 189 g/mol. The number of rotatable bonds is 2. The van der Waals surface area contributed by atoms with Crippen LogP contribution in [0.4, 0.5) is 20.4 Å². The molecule has 0 bridgehead atoms. The molecule has 0 radical (unpaired) electrons. The molecule has 0 saturated heterocycles. The minimum atomic E-state index is -2.68. The van der Waals surface area contributed by atoms with E-state index in [1.807, 2.05) is 0 Å². The van der Waals surface area contributed by atoms with Gasteiger partial charge in [0.05, 0.1) is 12.7 Å². The lowest BCUT2D eigenvalue weighted by atomic mass is 10.2. The number of nitrogens with two attached hydrogens (primary N) is 2. The first-order chi connectivity index (χ1) is 6.06. The Morgan fingerprint density at radius 3 is 2.46 bits per heavy atom. The van der Waals surface area contributed by atoms with Gasteiger partial charge in [-0.15, -0.1) is 0 Å².